The number of benzene rings is 3. The zero-order valence-corrected chi connectivity index (χ0v) is 19.2. The molecule has 0 radical (unpaired) electrons. The van der Waals surface area contributed by atoms with Crippen LogP contribution in [0.3, 0.4) is 0 Å². The molecule has 3 atom stereocenters. The Morgan fingerprint density at radius 2 is 1.68 bits per heavy atom. The van der Waals surface area contributed by atoms with Gasteiger partial charge in [-0.15, -0.1) is 0 Å². The van der Waals surface area contributed by atoms with Gasteiger partial charge in [-0.3, -0.25) is 4.90 Å². The van der Waals surface area contributed by atoms with Crippen LogP contribution < -0.4 is 9.47 Å². The van der Waals surface area contributed by atoms with Gasteiger partial charge in [-0.25, -0.2) is 4.79 Å². The molecule has 1 heterocycles. The number of carboxylic acid groups (broad SMARTS) is 1. The van der Waals surface area contributed by atoms with E-state index in [0.717, 1.165) is 16.3 Å². The average molecular weight is 533 g/mol. The lowest BCUT2D eigenvalue weighted by molar-refractivity contribution is 0.104. The van der Waals surface area contributed by atoms with Gasteiger partial charge in [-0.05, 0) is 41.0 Å². The van der Waals surface area contributed by atoms with Gasteiger partial charge in [0.25, 0.3) is 0 Å². The lowest BCUT2D eigenvalue weighted by Crippen LogP contribution is -2.38. The number of halogens is 1. The molecule has 1 aliphatic rings. The Balaban J connectivity index is 1.74. The highest BCUT2D eigenvalue weighted by atomic mass is 127. The SMILES string of the molecule is CC(I)N(CC(c1ccc2ccccc2c1)C(O)c1ccc2c(c1)OCCO2)C(=O)O. The van der Waals surface area contributed by atoms with E-state index in [1.165, 1.54) is 4.90 Å². The van der Waals surface area contributed by atoms with Crippen LogP contribution >= 0.6 is 22.6 Å². The Labute approximate surface area is 194 Å². The van der Waals surface area contributed by atoms with Crippen molar-refractivity contribution in [1.82, 2.24) is 4.90 Å². The van der Waals surface area contributed by atoms with Gasteiger partial charge in [0.2, 0.25) is 0 Å². The Hall–Kier alpha value is -2.52. The number of hydrogen-bond donors (Lipinski definition) is 2. The van der Waals surface area contributed by atoms with E-state index in [0.29, 0.717) is 30.3 Å². The summed E-state index contributed by atoms with van der Waals surface area (Å²) < 4.78 is 11.0. The summed E-state index contributed by atoms with van der Waals surface area (Å²) in [7, 11) is 0. The predicted molar refractivity (Wildman–Crippen MR) is 127 cm³/mol. The minimum atomic E-state index is -1.01. The summed E-state index contributed by atoms with van der Waals surface area (Å²) in [6, 6.07) is 19.4. The smallest absolute Gasteiger partial charge is 0.408 e. The molecule has 0 spiro atoms. The lowest BCUT2D eigenvalue weighted by atomic mass is 9.87. The van der Waals surface area contributed by atoms with Crippen LogP contribution in [-0.4, -0.2) is 45.0 Å². The fraction of sp³-hybridized carbons (Fsp3) is 0.292. The fourth-order valence-electron chi connectivity index (χ4n) is 3.89. The van der Waals surface area contributed by atoms with Crippen molar-refractivity contribution < 1.29 is 24.5 Å². The van der Waals surface area contributed by atoms with Gasteiger partial charge < -0.3 is 19.7 Å². The van der Waals surface area contributed by atoms with Crippen molar-refractivity contribution in [1.29, 1.82) is 0 Å². The molecule has 0 fully saturated rings. The zero-order valence-electron chi connectivity index (χ0n) is 17.1. The first-order chi connectivity index (χ1) is 14.9. The van der Waals surface area contributed by atoms with Crippen molar-refractivity contribution in [2.45, 2.75) is 23.0 Å². The molecule has 7 heteroatoms. The maximum absolute atomic E-state index is 11.9. The van der Waals surface area contributed by atoms with Crippen molar-refractivity contribution in [3.63, 3.8) is 0 Å². The first-order valence-electron chi connectivity index (χ1n) is 10.1. The fourth-order valence-corrected chi connectivity index (χ4v) is 4.36. The zero-order chi connectivity index (χ0) is 22.0. The average Bonchev–Trinajstić information content (AvgIpc) is 2.78. The number of aliphatic hydroxyl groups excluding tert-OH is 1. The molecule has 0 aromatic heterocycles. The monoisotopic (exact) mass is 533 g/mol. The summed E-state index contributed by atoms with van der Waals surface area (Å²) in [6.07, 6.45) is -1.93. The van der Waals surface area contributed by atoms with Crippen molar-refractivity contribution in [2.75, 3.05) is 19.8 Å². The molecule has 31 heavy (non-hydrogen) atoms. The molecule has 1 aliphatic heterocycles. The van der Waals surface area contributed by atoms with Crippen molar-refractivity contribution in [3.05, 3.63) is 71.8 Å². The molecule has 1 amide bonds. The number of alkyl halides is 1. The van der Waals surface area contributed by atoms with Crippen LogP contribution in [0.5, 0.6) is 11.5 Å². The van der Waals surface area contributed by atoms with E-state index in [2.05, 4.69) is 22.6 Å². The van der Waals surface area contributed by atoms with Gasteiger partial charge in [0.15, 0.2) is 11.5 Å². The number of fused-ring (bicyclic) bond motifs is 2. The summed E-state index contributed by atoms with van der Waals surface area (Å²) in [5.41, 5.74) is 1.54. The van der Waals surface area contributed by atoms with E-state index in [9.17, 15) is 15.0 Å². The number of carbonyl (C=O) groups is 1. The maximum atomic E-state index is 11.9. The third-order valence-electron chi connectivity index (χ3n) is 5.56. The van der Waals surface area contributed by atoms with Gasteiger partial charge in [0.05, 0.1) is 10.2 Å². The highest BCUT2D eigenvalue weighted by molar-refractivity contribution is 14.1. The second kappa shape index (κ2) is 9.32. The molecule has 6 nitrogen and oxygen atoms in total. The largest absolute Gasteiger partial charge is 0.486 e. The third-order valence-corrected chi connectivity index (χ3v) is 6.23. The van der Waals surface area contributed by atoms with Crippen LogP contribution in [0.1, 0.15) is 30.1 Å². The van der Waals surface area contributed by atoms with E-state index in [4.69, 9.17) is 9.47 Å². The molecular formula is C24H24INO5. The van der Waals surface area contributed by atoms with E-state index in [1.54, 1.807) is 12.1 Å². The number of aliphatic hydroxyl groups is 1. The second-order valence-corrected chi connectivity index (χ2v) is 9.37. The summed E-state index contributed by atoms with van der Waals surface area (Å²) in [4.78, 5) is 13.2. The molecule has 3 aromatic carbocycles. The lowest BCUT2D eigenvalue weighted by Gasteiger charge is -2.31. The normalized spacial score (nSPS) is 15.8. The standard InChI is InChI=1S/C24H24INO5/c1-15(25)26(24(28)29)14-20(18-7-6-16-4-2-3-5-17(16)12-18)23(27)19-8-9-21-22(13-19)31-11-10-30-21/h2-9,12-13,15,20,23,27H,10-11,14H2,1H3,(H,28,29). The molecule has 0 saturated heterocycles. The second-order valence-electron chi connectivity index (χ2n) is 7.57. The summed E-state index contributed by atoms with van der Waals surface area (Å²) >= 11 is 2.08. The summed E-state index contributed by atoms with van der Waals surface area (Å²) in [5, 5.41) is 23.3. The Bertz CT molecular complexity index is 1090. The molecule has 0 saturated carbocycles. The molecule has 3 unspecified atom stereocenters. The maximum Gasteiger partial charge on any atom is 0.408 e. The quantitative estimate of drug-likeness (QED) is 0.259. The van der Waals surface area contributed by atoms with E-state index in [1.807, 2.05) is 55.5 Å². The van der Waals surface area contributed by atoms with Crippen LogP contribution in [-0.2, 0) is 0 Å². The molecule has 4 rings (SSSR count). The number of rotatable bonds is 6. The van der Waals surface area contributed by atoms with Gasteiger partial charge in [0.1, 0.15) is 13.2 Å². The summed E-state index contributed by atoms with van der Waals surface area (Å²) in [6.45, 7) is 2.94. The highest BCUT2D eigenvalue weighted by Gasteiger charge is 2.30. The predicted octanol–water partition coefficient (Wildman–Crippen LogP) is 5.19. The number of nitrogens with zero attached hydrogens (tertiary/aromatic N) is 1. The molecular weight excluding hydrogens is 509 g/mol. The van der Waals surface area contributed by atoms with E-state index < -0.39 is 18.1 Å². The van der Waals surface area contributed by atoms with E-state index in [-0.39, 0.29) is 10.6 Å². The third kappa shape index (κ3) is 4.72. The van der Waals surface area contributed by atoms with Crippen molar-refractivity contribution in [3.8, 4) is 11.5 Å². The summed E-state index contributed by atoms with van der Waals surface area (Å²) in [5.74, 6) is 0.787. The minimum Gasteiger partial charge on any atom is -0.486 e. The highest BCUT2D eigenvalue weighted by Crippen LogP contribution is 2.38. The molecule has 0 bridgehead atoms. The number of ether oxygens (including phenoxy) is 2. The van der Waals surface area contributed by atoms with Crippen LogP contribution in [0.2, 0.25) is 0 Å². The van der Waals surface area contributed by atoms with E-state index >= 15 is 0 Å². The van der Waals surface area contributed by atoms with Gasteiger partial charge in [0, 0.05) is 12.5 Å². The van der Waals surface area contributed by atoms with Crippen molar-refractivity contribution in [2.24, 2.45) is 0 Å². The van der Waals surface area contributed by atoms with Gasteiger partial charge >= 0.3 is 6.09 Å². The van der Waals surface area contributed by atoms with Crippen LogP contribution in [0.4, 0.5) is 4.79 Å². The molecule has 3 aromatic rings. The first-order valence-corrected chi connectivity index (χ1v) is 11.4. The van der Waals surface area contributed by atoms with Crippen LogP contribution in [0.25, 0.3) is 10.8 Å². The topological polar surface area (TPSA) is 79.2 Å². The molecule has 0 aliphatic carbocycles. The minimum absolute atomic E-state index is 0.160. The Morgan fingerprint density at radius 3 is 2.39 bits per heavy atom. The first kappa shape index (κ1) is 21.7. The Kier molecular flexibility index (Phi) is 6.52. The number of hydrogen-bond acceptors (Lipinski definition) is 4. The van der Waals surface area contributed by atoms with Gasteiger partial charge in [-0.2, -0.15) is 0 Å². The molecule has 2 N–H and O–H groups in total. The van der Waals surface area contributed by atoms with Crippen LogP contribution in [0, 0.1) is 0 Å². The van der Waals surface area contributed by atoms with Crippen molar-refractivity contribution >= 4 is 39.5 Å². The van der Waals surface area contributed by atoms with Gasteiger partial charge in [-0.1, -0.05) is 71.1 Å². The van der Waals surface area contributed by atoms with Crippen LogP contribution in [0.15, 0.2) is 60.7 Å². The molecule has 162 valence electrons. The number of amides is 1. The Morgan fingerprint density at radius 1 is 1.00 bits per heavy atom.